The monoisotopic (exact) mass is 275 g/mol. The molecule has 1 N–H and O–H groups in total. The van der Waals surface area contributed by atoms with E-state index in [0.29, 0.717) is 18.7 Å². The van der Waals surface area contributed by atoms with Gasteiger partial charge >= 0.3 is 0 Å². The maximum Gasteiger partial charge on any atom is 0.253 e. The molecule has 0 atom stereocenters. The molecular formula is C16H21NO3. The first-order valence-electron chi connectivity index (χ1n) is 6.55. The Hall–Kier alpha value is -1.83. The second-order valence-corrected chi connectivity index (χ2v) is 4.56. The Labute approximate surface area is 120 Å². The summed E-state index contributed by atoms with van der Waals surface area (Å²) in [6.45, 7) is 3.05. The highest BCUT2D eigenvalue weighted by Crippen LogP contribution is 2.12. The van der Waals surface area contributed by atoms with Crippen molar-refractivity contribution in [1.29, 1.82) is 0 Å². The summed E-state index contributed by atoms with van der Waals surface area (Å²) in [7, 11) is 3.43. The van der Waals surface area contributed by atoms with E-state index >= 15 is 0 Å². The molecule has 1 rings (SSSR count). The van der Waals surface area contributed by atoms with Crippen LogP contribution in [0.25, 0.3) is 0 Å². The number of aryl methyl sites for hydroxylation is 1. The molecule has 0 aromatic heterocycles. The van der Waals surface area contributed by atoms with E-state index in [1.807, 2.05) is 19.1 Å². The van der Waals surface area contributed by atoms with Crippen LogP contribution in [0.15, 0.2) is 18.2 Å². The molecule has 0 radical (unpaired) electrons. The normalized spacial score (nSPS) is 9.80. The van der Waals surface area contributed by atoms with Crippen LogP contribution in [0.5, 0.6) is 0 Å². The molecule has 0 aliphatic rings. The Kier molecular flexibility index (Phi) is 6.78. The summed E-state index contributed by atoms with van der Waals surface area (Å²) < 4.78 is 4.98. The largest absolute Gasteiger partial charge is 0.385 e. The van der Waals surface area contributed by atoms with Gasteiger partial charge in [0.25, 0.3) is 5.91 Å². The lowest BCUT2D eigenvalue weighted by atomic mass is 10.0. The minimum absolute atomic E-state index is 0.00845. The summed E-state index contributed by atoms with van der Waals surface area (Å²) in [5, 5.41) is 8.69. The van der Waals surface area contributed by atoms with Crippen LogP contribution < -0.4 is 0 Å². The average Bonchev–Trinajstić information content (AvgIpc) is 2.45. The quantitative estimate of drug-likeness (QED) is 0.653. The minimum Gasteiger partial charge on any atom is -0.385 e. The number of carbonyl (C=O) groups excluding carboxylic acids is 1. The van der Waals surface area contributed by atoms with Gasteiger partial charge in [-0.3, -0.25) is 4.79 Å². The van der Waals surface area contributed by atoms with Gasteiger partial charge in [0.1, 0.15) is 6.61 Å². The molecule has 0 unspecified atom stereocenters. The van der Waals surface area contributed by atoms with E-state index in [2.05, 4.69) is 11.8 Å². The second kappa shape index (κ2) is 8.36. The molecule has 108 valence electrons. The topological polar surface area (TPSA) is 49.8 Å². The van der Waals surface area contributed by atoms with Crippen molar-refractivity contribution < 1.29 is 14.6 Å². The van der Waals surface area contributed by atoms with Gasteiger partial charge < -0.3 is 14.7 Å². The molecule has 0 heterocycles. The molecule has 1 amide bonds. The lowest BCUT2D eigenvalue weighted by molar-refractivity contribution is 0.0779. The van der Waals surface area contributed by atoms with Crippen molar-refractivity contribution in [3.63, 3.8) is 0 Å². The predicted octanol–water partition coefficient (Wildman–Crippen LogP) is 1.45. The Morgan fingerprint density at radius 2 is 2.20 bits per heavy atom. The molecule has 4 heteroatoms. The van der Waals surface area contributed by atoms with Gasteiger partial charge in [-0.15, -0.1) is 0 Å². The molecular weight excluding hydrogens is 254 g/mol. The van der Waals surface area contributed by atoms with Gasteiger partial charge in [-0.1, -0.05) is 11.8 Å². The van der Waals surface area contributed by atoms with Crippen molar-refractivity contribution in [3.05, 3.63) is 34.9 Å². The summed E-state index contributed by atoms with van der Waals surface area (Å²) in [6, 6.07) is 5.41. The fraction of sp³-hybridized carbons (Fsp3) is 0.438. The lowest BCUT2D eigenvalue weighted by Gasteiger charge is -2.17. The van der Waals surface area contributed by atoms with E-state index in [-0.39, 0.29) is 12.5 Å². The molecule has 0 spiro atoms. The third kappa shape index (κ3) is 4.69. The standard InChI is InChI=1S/C16H21NO3/c1-13-12-15(8-7-14(13)6-4-10-18)16(19)17(2)9-5-11-20-3/h7-8,12,18H,5,9-11H2,1-3H3. The van der Waals surface area contributed by atoms with Crippen LogP contribution in [0.3, 0.4) is 0 Å². The first-order valence-corrected chi connectivity index (χ1v) is 6.55. The Bertz CT molecular complexity index is 514. The molecule has 1 aromatic rings. The van der Waals surface area contributed by atoms with Crippen molar-refractivity contribution in [1.82, 2.24) is 4.90 Å². The van der Waals surface area contributed by atoms with Gasteiger partial charge in [-0.05, 0) is 37.1 Å². The number of nitrogens with zero attached hydrogens (tertiary/aromatic N) is 1. The van der Waals surface area contributed by atoms with Crippen LogP contribution in [0, 0.1) is 18.8 Å². The first-order chi connectivity index (χ1) is 9.60. The van der Waals surface area contributed by atoms with Crippen LogP contribution in [-0.4, -0.2) is 49.8 Å². The molecule has 0 saturated heterocycles. The van der Waals surface area contributed by atoms with Gasteiger partial charge in [0.2, 0.25) is 0 Å². The summed E-state index contributed by atoms with van der Waals surface area (Å²) in [4.78, 5) is 13.9. The molecule has 20 heavy (non-hydrogen) atoms. The number of hydrogen-bond acceptors (Lipinski definition) is 3. The fourth-order valence-electron chi connectivity index (χ4n) is 1.84. The van der Waals surface area contributed by atoms with Gasteiger partial charge in [0, 0.05) is 38.4 Å². The van der Waals surface area contributed by atoms with Gasteiger partial charge in [-0.2, -0.15) is 0 Å². The third-order valence-corrected chi connectivity index (χ3v) is 2.96. The Morgan fingerprint density at radius 1 is 1.45 bits per heavy atom. The molecule has 0 fully saturated rings. The molecule has 0 aliphatic carbocycles. The van der Waals surface area contributed by atoms with E-state index in [9.17, 15) is 4.79 Å². The van der Waals surface area contributed by atoms with Gasteiger partial charge in [0.15, 0.2) is 0 Å². The van der Waals surface area contributed by atoms with Crippen LogP contribution in [0.2, 0.25) is 0 Å². The highest BCUT2D eigenvalue weighted by molar-refractivity contribution is 5.94. The van der Waals surface area contributed by atoms with Crippen molar-refractivity contribution in [3.8, 4) is 11.8 Å². The second-order valence-electron chi connectivity index (χ2n) is 4.56. The minimum atomic E-state index is -0.164. The number of hydrogen-bond donors (Lipinski definition) is 1. The fourth-order valence-corrected chi connectivity index (χ4v) is 1.84. The summed E-state index contributed by atoms with van der Waals surface area (Å²) >= 11 is 0. The molecule has 4 nitrogen and oxygen atoms in total. The van der Waals surface area contributed by atoms with E-state index in [1.54, 1.807) is 25.1 Å². The van der Waals surface area contributed by atoms with Gasteiger partial charge in [0.05, 0.1) is 0 Å². The zero-order valence-electron chi connectivity index (χ0n) is 12.3. The van der Waals surface area contributed by atoms with Crippen molar-refractivity contribution in [2.24, 2.45) is 0 Å². The lowest BCUT2D eigenvalue weighted by Crippen LogP contribution is -2.28. The van der Waals surface area contributed by atoms with Crippen LogP contribution in [-0.2, 0) is 4.74 Å². The van der Waals surface area contributed by atoms with Crippen LogP contribution in [0.4, 0.5) is 0 Å². The van der Waals surface area contributed by atoms with E-state index < -0.39 is 0 Å². The zero-order valence-corrected chi connectivity index (χ0v) is 12.3. The van der Waals surface area contributed by atoms with Crippen molar-refractivity contribution in [2.45, 2.75) is 13.3 Å². The van der Waals surface area contributed by atoms with Crippen molar-refractivity contribution in [2.75, 3.05) is 33.9 Å². The smallest absolute Gasteiger partial charge is 0.253 e. The summed E-state index contributed by atoms with van der Waals surface area (Å²) in [6.07, 6.45) is 0.817. The van der Waals surface area contributed by atoms with E-state index in [0.717, 1.165) is 17.5 Å². The molecule has 0 saturated carbocycles. The third-order valence-electron chi connectivity index (χ3n) is 2.96. The maximum atomic E-state index is 12.2. The maximum absolute atomic E-state index is 12.2. The number of amides is 1. The van der Waals surface area contributed by atoms with Crippen molar-refractivity contribution >= 4 is 5.91 Å². The van der Waals surface area contributed by atoms with Crippen LogP contribution in [0.1, 0.15) is 27.9 Å². The Balaban J connectivity index is 2.76. The number of aliphatic hydroxyl groups excluding tert-OH is 1. The van der Waals surface area contributed by atoms with E-state index in [1.165, 1.54) is 0 Å². The number of aliphatic hydroxyl groups is 1. The number of methoxy groups -OCH3 is 1. The SMILES string of the molecule is COCCCN(C)C(=O)c1ccc(C#CCO)c(C)c1. The summed E-state index contributed by atoms with van der Waals surface area (Å²) in [5.74, 6) is 5.46. The van der Waals surface area contributed by atoms with Gasteiger partial charge in [-0.25, -0.2) is 0 Å². The Morgan fingerprint density at radius 3 is 2.80 bits per heavy atom. The number of benzene rings is 1. The molecule has 1 aromatic carbocycles. The van der Waals surface area contributed by atoms with Crippen LogP contribution >= 0.6 is 0 Å². The van der Waals surface area contributed by atoms with E-state index in [4.69, 9.17) is 9.84 Å². The number of carbonyl (C=O) groups is 1. The highest BCUT2D eigenvalue weighted by atomic mass is 16.5. The highest BCUT2D eigenvalue weighted by Gasteiger charge is 2.12. The average molecular weight is 275 g/mol. The summed E-state index contributed by atoms with van der Waals surface area (Å²) in [5.41, 5.74) is 2.41. The molecule has 0 aliphatic heterocycles. The predicted molar refractivity (Wildman–Crippen MR) is 78.6 cm³/mol. The number of rotatable bonds is 5. The zero-order chi connectivity index (χ0) is 15.0. The number of ether oxygens (including phenoxy) is 1. The molecule has 0 bridgehead atoms. The first kappa shape index (κ1) is 16.2.